The molecule has 5 rings (SSSR count). The van der Waals surface area contributed by atoms with Crippen LogP contribution in [0.15, 0.2) is 29.5 Å². The zero-order valence-corrected chi connectivity index (χ0v) is 16.2. The van der Waals surface area contributed by atoms with Crippen LogP contribution in [-0.4, -0.2) is 68.1 Å². The maximum absolute atomic E-state index is 12.8. The molecule has 8 nitrogen and oxygen atoms in total. The van der Waals surface area contributed by atoms with Crippen LogP contribution < -0.4 is 4.90 Å². The van der Waals surface area contributed by atoms with Crippen LogP contribution in [0.2, 0.25) is 0 Å². The molecule has 2 saturated heterocycles. The Bertz CT molecular complexity index is 989. The van der Waals surface area contributed by atoms with Gasteiger partial charge < -0.3 is 19.9 Å². The number of rotatable bonds is 2. The van der Waals surface area contributed by atoms with Crippen molar-refractivity contribution in [3.05, 3.63) is 35.2 Å². The number of aromatic amines is 1. The van der Waals surface area contributed by atoms with E-state index in [9.17, 15) is 9.90 Å². The lowest BCUT2D eigenvalue weighted by molar-refractivity contribution is -0.0362. The van der Waals surface area contributed by atoms with Crippen LogP contribution in [0.1, 0.15) is 29.8 Å². The van der Waals surface area contributed by atoms with E-state index in [4.69, 9.17) is 0 Å². The number of aliphatic hydroxyl groups excluding tert-OH is 1. The molecule has 3 aromatic heterocycles. The maximum Gasteiger partial charge on any atom is 0.273 e. The van der Waals surface area contributed by atoms with Gasteiger partial charge in [0.05, 0.1) is 17.0 Å². The minimum absolute atomic E-state index is 0.0419. The third kappa shape index (κ3) is 2.85. The van der Waals surface area contributed by atoms with Gasteiger partial charge in [0.15, 0.2) is 0 Å². The number of hydrogen-bond donors (Lipinski definition) is 2. The molecule has 9 heteroatoms. The number of likely N-dealkylation sites (tertiary alicyclic amines) is 1. The minimum Gasteiger partial charge on any atom is -0.392 e. The molecule has 5 heterocycles. The van der Waals surface area contributed by atoms with Crippen LogP contribution in [-0.2, 0) is 0 Å². The predicted octanol–water partition coefficient (Wildman–Crippen LogP) is 1.91. The Balaban J connectivity index is 1.43. The molecule has 1 spiro atoms. The molecule has 0 bridgehead atoms. The van der Waals surface area contributed by atoms with Crippen LogP contribution in [0.5, 0.6) is 0 Å². The maximum atomic E-state index is 12.8. The first-order chi connectivity index (χ1) is 13.7. The molecular weight excluding hydrogens is 376 g/mol. The summed E-state index contributed by atoms with van der Waals surface area (Å²) < 4.78 is 0. The Morgan fingerprint density at radius 3 is 3.07 bits per heavy atom. The van der Waals surface area contributed by atoms with Crippen molar-refractivity contribution in [3.8, 4) is 0 Å². The van der Waals surface area contributed by atoms with E-state index >= 15 is 0 Å². The Labute approximate surface area is 166 Å². The number of fused-ring (bicyclic) bond motifs is 1. The first-order valence-corrected chi connectivity index (χ1v) is 10.5. The number of piperidine rings is 2. The predicted molar refractivity (Wildman–Crippen MR) is 106 cm³/mol. The number of anilines is 1. The van der Waals surface area contributed by atoms with E-state index in [-0.39, 0.29) is 11.3 Å². The minimum atomic E-state index is -0.432. The van der Waals surface area contributed by atoms with Crippen LogP contribution in [0, 0.1) is 5.41 Å². The van der Waals surface area contributed by atoms with Crippen molar-refractivity contribution >= 4 is 34.1 Å². The van der Waals surface area contributed by atoms with Crippen molar-refractivity contribution < 1.29 is 9.90 Å². The SMILES string of the molecule is O=C(c1cscn1)N1CCC[C@@]2(C1)CN(c1ncnc3[nH]ccc13)CC[C@@H]2O. The van der Waals surface area contributed by atoms with Crippen LogP contribution >= 0.6 is 11.3 Å². The number of H-pyrrole nitrogens is 1. The quantitative estimate of drug-likeness (QED) is 0.684. The van der Waals surface area contributed by atoms with E-state index < -0.39 is 6.10 Å². The number of carbonyl (C=O) groups excluding carboxylic acids is 1. The molecule has 0 saturated carbocycles. The molecule has 0 unspecified atom stereocenters. The first-order valence-electron chi connectivity index (χ1n) is 9.55. The average Bonchev–Trinajstić information content (AvgIpc) is 3.41. The summed E-state index contributed by atoms with van der Waals surface area (Å²) in [6.07, 6.45) is 5.45. The fourth-order valence-electron chi connectivity index (χ4n) is 4.66. The van der Waals surface area contributed by atoms with Crippen molar-refractivity contribution in [2.75, 3.05) is 31.1 Å². The van der Waals surface area contributed by atoms with Gasteiger partial charge in [-0.05, 0) is 25.3 Å². The van der Waals surface area contributed by atoms with E-state index in [0.717, 1.165) is 36.2 Å². The number of aromatic nitrogens is 4. The summed E-state index contributed by atoms with van der Waals surface area (Å²) >= 11 is 1.43. The summed E-state index contributed by atoms with van der Waals surface area (Å²) in [6.45, 7) is 2.66. The van der Waals surface area contributed by atoms with Crippen molar-refractivity contribution in [2.45, 2.75) is 25.4 Å². The molecule has 0 aliphatic carbocycles. The number of hydrogen-bond acceptors (Lipinski definition) is 7. The standard InChI is InChI=1S/C19H22N6O2S/c26-15-3-7-24(17-13-2-5-20-16(13)21-11-22-17)9-19(15)4-1-6-25(10-19)18(27)14-8-28-12-23-14/h2,5,8,11-12,15,26H,1,3-4,6-7,9-10H2,(H,20,21,22)/t15-,19-/m0/s1. The zero-order valence-electron chi connectivity index (χ0n) is 15.4. The van der Waals surface area contributed by atoms with Gasteiger partial charge in [0.1, 0.15) is 23.5 Å². The highest BCUT2D eigenvalue weighted by Gasteiger charge is 2.47. The van der Waals surface area contributed by atoms with E-state index in [1.54, 1.807) is 17.2 Å². The smallest absolute Gasteiger partial charge is 0.273 e. The molecular formula is C19H22N6O2S. The normalized spacial score (nSPS) is 25.5. The number of nitrogens with zero attached hydrogens (tertiary/aromatic N) is 5. The van der Waals surface area contributed by atoms with Gasteiger partial charge in [0, 0.05) is 43.2 Å². The van der Waals surface area contributed by atoms with Crippen molar-refractivity contribution in [3.63, 3.8) is 0 Å². The van der Waals surface area contributed by atoms with E-state index in [1.807, 2.05) is 17.2 Å². The molecule has 1 amide bonds. The topological polar surface area (TPSA) is 98.2 Å². The molecule has 2 atom stereocenters. The number of nitrogens with one attached hydrogen (secondary N) is 1. The molecule has 2 N–H and O–H groups in total. The van der Waals surface area contributed by atoms with Crippen molar-refractivity contribution in [1.29, 1.82) is 0 Å². The van der Waals surface area contributed by atoms with Gasteiger partial charge >= 0.3 is 0 Å². The lowest BCUT2D eigenvalue weighted by Gasteiger charge is -2.51. The second-order valence-corrected chi connectivity index (χ2v) is 8.45. The fraction of sp³-hybridized carbons (Fsp3) is 0.474. The highest BCUT2D eigenvalue weighted by molar-refractivity contribution is 7.07. The summed E-state index contributed by atoms with van der Waals surface area (Å²) in [5.74, 6) is 0.847. The molecule has 2 aliphatic heterocycles. The van der Waals surface area contributed by atoms with Crippen molar-refractivity contribution in [2.24, 2.45) is 5.41 Å². The van der Waals surface area contributed by atoms with Gasteiger partial charge in [-0.1, -0.05) is 0 Å². The lowest BCUT2D eigenvalue weighted by atomic mass is 9.71. The second kappa shape index (κ2) is 6.82. The van der Waals surface area contributed by atoms with Crippen LogP contribution in [0.4, 0.5) is 5.82 Å². The monoisotopic (exact) mass is 398 g/mol. The third-order valence-corrected chi connectivity index (χ3v) is 6.65. The summed E-state index contributed by atoms with van der Waals surface area (Å²) in [4.78, 5) is 33.0. The Morgan fingerprint density at radius 2 is 2.21 bits per heavy atom. The summed E-state index contributed by atoms with van der Waals surface area (Å²) in [5.41, 5.74) is 2.64. The number of thiazole rings is 1. The number of amides is 1. The molecule has 0 aromatic carbocycles. The van der Waals surface area contributed by atoms with Gasteiger partial charge in [-0.3, -0.25) is 4.79 Å². The largest absolute Gasteiger partial charge is 0.392 e. The van der Waals surface area contributed by atoms with Crippen LogP contribution in [0.25, 0.3) is 11.0 Å². The van der Waals surface area contributed by atoms with Gasteiger partial charge in [0.2, 0.25) is 0 Å². The molecule has 0 radical (unpaired) electrons. The Morgan fingerprint density at radius 1 is 1.29 bits per heavy atom. The molecule has 2 aliphatic rings. The van der Waals surface area contributed by atoms with E-state index in [1.165, 1.54) is 11.3 Å². The second-order valence-electron chi connectivity index (χ2n) is 7.73. The lowest BCUT2D eigenvalue weighted by Crippen LogP contribution is -2.60. The molecule has 2 fully saturated rings. The van der Waals surface area contributed by atoms with Gasteiger partial charge in [-0.2, -0.15) is 0 Å². The fourth-order valence-corrected chi connectivity index (χ4v) is 5.18. The summed E-state index contributed by atoms with van der Waals surface area (Å²) in [6, 6.07) is 1.99. The third-order valence-electron chi connectivity index (χ3n) is 6.06. The summed E-state index contributed by atoms with van der Waals surface area (Å²) in [5, 5.41) is 13.7. The first kappa shape index (κ1) is 17.6. The molecule has 28 heavy (non-hydrogen) atoms. The van der Waals surface area contributed by atoms with E-state index in [0.29, 0.717) is 31.7 Å². The Hall–Kier alpha value is -2.52. The zero-order chi connectivity index (χ0) is 19.1. The van der Waals surface area contributed by atoms with E-state index in [2.05, 4.69) is 24.8 Å². The number of aliphatic hydroxyl groups is 1. The molecule has 3 aromatic rings. The highest BCUT2D eigenvalue weighted by Crippen LogP contribution is 2.41. The van der Waals surface area contributed by atoms with Gasteiger partial charge in [-0.15, -0.1) is 11.3 Å². The highest BCUT2D eigenvalue weighted by atomic mass is 32.1. The van der Waals surface area contributed by atoms with Crippen molar-refractivity contribution in [1.82, 2.24) is 24.8 Å². The molecule has 146 valence electrons. The Kier molecular flexibility index (Phi) is 4.28. The van der Waals surface area contributed by atoms with Gasteiger partial charge in [-0.25, -0.2) is 15.0 Å². The number of carbonyl (C=O) groups is 1. The van der Waals surface area contributed by atoms with Crippen LogP contribution in [0.3, 0.4) is 0 Å². The van der Waals surface area contributed by atoms with Gasteiger partial charge in [0.25, 0.3) is 5.91 Å². The average molecular weight is 398 g/mol. The summed E-state index contributed by atoms with van der Waals surface area (Å²) in [7, 11) is 0.